The normalized spacial score (nSPS) is 24.0. The van der Waals surface area contributed by atoms with Crippen LogP contribution in [0.5, 0.6) is 5.75 Å². The fourth-order valence-electron chi connectivity index (χ4n) is 8.02. The molecule has 2 spiro atoms. The molecule has 0 atom stereocenters. The Morgan fingerprint density at radius 3 is 2.45 bits per heavy atom. The molecule has 0 radical (unpaired) electrons. The third kappa shape index (κ3) is 3.78. The van der Waals surface area contributed by atoms with Gasteiger partial charge in [0.1, 0.15) is 5.75 Å². The van der Waals surface area contributed by atoms with Crippen molar-refractivity contribution in [3.05, 3.63) is 40.6 Å². The van der Waals surface area contributed by atoms with Crippen molar-refractivity contribution < 1.29 is 14.6 Å². The lowest BCUT2D eigenvalue weighted by Crippen LogP contribution is -2.69. The number of carbonyl (C=O) groups excluding carboxylic acids is 1. The summed E-state index contributed by atoms with van der Waals surface area (Å²) < 4.78 is 7.77. The van der Waals surface area contributed by atoms with Crippen LogP contribution >= 0.6 is 11.6 Å². The molecule has 7 rings (SSSR count). The number of rotatable bonds is 5. The Labute approximate surface area is 241 Å². The second-order valence-corrected chi connectivity index (χ2v) is 13.5. The van der Waals surface area contributed by atoms with E-state index < -0.39 is 0 Å². The van der Waals surface area contributed by atoms with E-state index in [1.54, 1.807) is 6.07 Å². The first-order valence-electron chi connectivity index (χ1n) is 14.7. The number of amides is 1. The fraction of sp³-hybridized carbons (Fsp3) is 0.613. The maximum Gasteiger partial charge on any atom is 0.245 e. The number of carbonyl (C=O) groups is 1. The zero-order valence-corrected chi connectivity index (χ0v) is 24.6. The highest BCUT2D eigenvalue weighted by atomic mass is 35.5. The first-order valence-corrected chi connectivity index (χ1v) is 15.1. The summed E-state index contributed by atoms with van der Waals surface area (Å²) in [4.78, 5) is 19.2. The number of likely N-dealkylation sites (tertiary alicyclic amines) is 1. The van der Waals surface area contributed by atoms with Gasteiger partial charge >= 0.3 is 0 Å². The van der Waals surface area contributed by atoms with Crippen molar-refractivity contribution in [2.75, 3.05) is 50.8 Å². The number of phenols is 1. The van der Waals surface area contributed by atoms with Crippen LogP contribution in [0.3, 0.4) is 0 Å². The van der Waals surface area contributed by atoms with Gasteiger partial charge in [-0.2, -0.15) is 5.10 Å². The Balaban J connectivity index is 1.27. The zero-order valence-electron chi connectivity index (χ0n) is 23.9. The standard InChI is InChI=1S/C31H40ClN5O3/c1-5-25(39)35-16-30(17-35)12-22(13-30)37-21(4)27(26-20(3)24(38)11-19(2)28(26)32)29(33-37)36-10-9-34(23-14-40-15-23)18-31(36)7-6-8-31/h5,11,22-23,38H,1,6-10,12-18H2,2-4H3. The molecule has 1 aromatic heterocycles. The summed E-state index contributed by atoms with van der Waals surface area (Å²) >= 11 is 7.04. The van der Waals surface area contributed by atoms with Gasteiger partial charge in [0, 0.05) is 60.5 Å². The van der Waals surface area contributed by atoms with E-state index in [-0.39, 0.29) is 28.7 Å². The molecule has 1 N–H and O–H groups in total. The van der Waals surface area contributed by atoms with Crippen molar-refractivity contribution in [2.24, 2.45) is 5.41 Å². The second kappa shape index (κ2) is 9.23. The Hall–Kier alpha value is -2.55. The van der Waals surface area contributed by atoms with Crippen LogP contribution in [0.15, 0.2) is 18.7 Å². The summed E-state index contributed by atoms with van der Waals surface area (Å²) in [6.07, 6.45) is 7.00. The molecule has 2 aliphatic carbocycles. The summed E-state index contributed by atoms with van der Waals surface area (Å²) in [7, 11) is 0. The lowest BCUT2D eigenvalue weighted by Gasteiger charge is -2.59. The average Bonchev–Trinajstić information content (AvgIpc) is 3.15. The molecule has 3 aliphatic heterocycles. The van der Waals surface area contributed by atoms with Crippen molar-refractivity contribution in [1.82, 2.24) is 19.6 Å². The quantitative estimate of drug-likeness (QED) is 0.533. The highest BCUT2D eigenvalue weighted by Crippen LogP contribution is 2.56. The molecular weight excluding hydrogens is 526 g/mol. The maximum absolute atomic E-state index is 12.1. The molecule has 1 aromatic carbocycles. The SMILES string of the molecule is C=CC(=O)N1CC2(CC(n3nc(N4CCN(C5COC5)CC45CCC5)c(-c4c(C)c(O)cc(C)c4Cl)c3C)C2)C1. The average molecular weight is 566 g/mol. The lowest BCUT2D eigenvalue weighted by atomic mass is 9.60. The molecule has 0 bridgehead atoms. The van der Waals surface area contributed by atoms with E-state index >= 15 is 0 Å². The monoisotopic (exact) mass is 565 g/mol. The fourth-order valence-corrected chi connectivity index (χ4v) is 8.31. The number of aromatic nitrogens is 2. The molecule has 2 aromatic rings. The number of ether oxygens (including phenoxy) is 1. The Kier molecular flexibility index (Phi) is 6.08. The van der Waals surface area contributed by atoms with Gasteiger partial charge in [-0.25, -0.2) is 0 Å². The van der Waals surface area contributed by atoms with Crippen molar-refractivity contribution in [3.8, 4) is 16.9 Å². The molecule has 5 fully saturated rings. The summed E-state index contributed by atoms with van der Waals surface area (Å²) in [5.74, 6) is 1.30. The van der Waals surface area contributed by atoms with E-state index in [0.29, 0.717) is 11.1 Å². The summed E-state index contributed by atoms with van der Waals surface area (Å²) in [5, 5.41) is 17.0. The van der Waals surface area contributed by atoms with Crippen LogP contribution in [0.25, 0.3) is 11.1 Å². The third-order valence-corrected chi connectivity index (χ3v) is 11.1. The minimum absolute atomic E-state index is 0.0247. The van der Waals surface area contributed by atoms with Crippen molar-refractivity contribution in [1.29, 1.82) is 0 Å². The van der Waals surface area contributed by atoms with E-state index in [4.69, 9.17) is 21.4 Å². The molecular formula is C31H40ClN5O3. The third-order valence-electron chi connectivity index (χ3n) is 10.6. The summed E-state index contributed by atoms with van der Waals surface area (Å²) in [5.41, 5.74) is 5.01. The number of aryl methyl sites for hydroxylation is 1. The number of halogens is 1. The van der Waals surface area contributed by atoms with E-state index in [1.165, 1.54) is 12.5 Å². The van der Waals surface area contributed by atoms with Crippen molar-refractivity contribution >= 4 is 23.3 Å². The smallest absolute Gasteiger partial charge is 0.245 e. The number of anilines is 1. The van der Waals surface area contributed by atoms with Crippen LogP contribution in [0.2, 0.25) is 5.02 Å². The van der Waals surface area contributed by atoms with Gasteiger partial charge in [0.2, 0.25) is 5.91 Å². The van der Waals surface area contributed by atoms with E-state index in [2.05, 4.69) is 28.0 Å². The molecule has 4 heterocycles. The predicted molar refractivity (Wildman–Crippen MR) is 156 cm³/mol. The number of piperazine rings is 1. The van der Waals surface area contributed by atoms with Crippen molar-refractivity contribution in [3.63, 3.8) is 0 Å². The number of benzene rings is 1. The number of hydrogen-bond acceptors (Lipinski definition) is 6. The van der Waals surface area contributed by atoms with Gasteiger partial charge in [-0.05, 0) is 70.6 Å². The Morgan fingerprint density at radius 2 is 1.85 bits per heavy atom. The Morgan fingerprint density at radius 1 is 1.12 bits per heavy atom. The number of phenolic OH excluding ortho intramolecular Hbond substituents is 1. The van der Waals surface area contributed by atoms with Gasteiger partial charge < -0.3 is 19.6 Å². The topological polar surface area (TPSA) is 74.1 Å². The lowest BCUT2D eigenvalue weighted by molar-refractivity contribution is -0.149. The highest BCUT2D eigenvalue weighted by Gasteiger charge is 2.55. The molecule has 214 valence electrons. The molecule has 0 unspecified atom stereocenters. The summed E-state index contributed by atoms with van der Waals surface area (Å²) in [6.45, 7) is 16.0. The zero-order chi connectivity index (χ0) is 28.0. The van der Waals surface area contributed by atoms with Crippen LogP contribution in [-0.4, -0.2) is 88.1 Å². The molecule has 40 heavy (non-hydrogen) atoms. The second-order valence-electron chi connectivity index (χ2n) is 13.1. The van der Waals surface area contributed by atoms with Crippen LogP contribution < -0.4 is 4.90 Å². The van der Waals surface area contributed by atoms with E-state index in [9.17, 15) is 9.90 Å². The van der Waals surface area contributed by atoms with Gasteiger partial charge in [0.25, 0.3) is 0 Å². The van der Waals surface area contributed by atoms with Gasteiger partial charge in [-0.15, -0.1) is 0 Å². The molecule has 1 amide bonds. The van der Waals surface area contributed by atoms with Gasteiger partial charge in [-0.1, -0.05) is 18.2 Å². The minimum Gasteiger partial charge on any atom is -0.508 e. The molecule has 2 saturated carbocycles. The molecule has 5 aliphatic rings. The van der Waals surface area contributed by atoms with Crippen molar-refractivity contribution in [2.45, 2.75) is 70.5 Å². The predicted octanol–water partition coefficient (Wildman–Crippen LogP) is 4.63. The van der Waals surface area contributed by atoms with Crippen LogP contribution in [0, 0.1) is 26.2 Å². The number of aromatic hydroxyl groups is 1. The van der Waals surface area contributed by atoms with Gasteiger partial charge in [0.15, 0.2) is 5.82 Å². The van der Waals surface area contributed by atoms with Crippen LogP contribution in [0.4, 0.5) is 5.82 Å². The molecule has 9 heteroatoms. The Bertz CT molecular complexity index is 1350. The molecule has 8 nitrogen and oxygen atoms in total. The first-order chi connectivity index (χ1) is 19.2. The maximum atomic E-state index is 12.1. The first kappa shape index (κ1) is 26.4. The highest BCUT2D eigenvalue weighted by molar-refractivity contribution is 6.34. The largest absolute Gasteiger partial charge is 0.508 e. The number of hydrogen-bond donors (Lipinski definition) is 1. The van der Waals surface area contributed by atoms with E-state index in [0.717, 1.165) is 105 Å². The van der Waals surface area contributed by atoms with E-state index in [1.807, 2.05) is 18.7 Å². The summed E-state index contributed by atoms with van der Waals surface area (Å²) in [6, 6.07) is 2.58. The minimum atomic E-state index is 0.0247. The molecule has 3 saturated heterocycles. The van der Waals surface area contributed by atoms with Gasteiger partial charge in [-0.3, -0.25) is 14.4 Å². The van der Waals surface area contributed by atoms with Gasteiger partial charge in [0.05, 0.1) is 35.9 Å². The van der Waals surface area contributed by atoms with Crippen LogP contribution in [0.1, 0.15) is 55.0 Å². The number of nitrogens with zero attached hydrogens (tertiary/aromatic N) is 5. The van der Waals surface area contributed by atoms with Crippen LogP contribution in [-0.2, 0) is 9.53 Å².